The van der Waals surface area contributed by atoms with Crippen LogP contribution in [0, 0.1) is 6.92 Å². The van der Waals surface area contributed by atoms with Crippen LogP contribution in [-0.2, 0) is 4.79 Å². The van der Waals surface area contributed by atoms with E-state index in [1.54, 1.807) is 16.8 Å². The number of hydrogen-bond donors (Lipinski definition) is 2. The van der Waals surface area contributed by atoms with Crippen molar-refractivity contribution in [3.8, 4) is 0 Å². The Balaban J connectivity index is 2.11. The number of nitrogens with one attached hydrogen (secondary N) is 1. The summed E-state index contributed by atoms with van der Waals surface area (Å²) in [5.74, 6) is -1.24. The molecule has 0 radical (unpaired) electrons. The number of carboxylic acid groups (broad SMARTS) is 1. The molecule has 0 aliphatic carbocycles. The van der Waals surface area contributed by atoms with Crippen LogP contribution >= 0.6 is 0 Å². The fourth-order valence-corrected chi connectivity index (χ4v) is 2.36. The second-order valence-electron chi connectivity index (χ2n) is 5.51. The van der Waals surface area contributed by atoms with Crippen LogP contribution in [-0.4, -0.2) is 32.6 Å². The monoisotopic (exact) mass is 303 g/mol. The molecule has 2 heterocycles. The second-order valence-corrected chi connectivity index (χ2v) is 5.51. The molecule has 2 aromatic heterocycles. The SMILES string of the molecule is CCCC[C@@H](CC(=O)O)NC(=O)c1cc2cc(C)ccn2n1. The van der Waals surface area contributed by atoms with E-state index in [4.69, 9.17) is 5.11 Å². The van der Waals surface area contributed by atoms with Gasteiger partial charge in [0, 0.05) is 12.2 Å². The zero-order valence-electron chi connectivity index (χ0n) is 12.9. The third kappa shape index (κ3) is 4.07. The Bertz CT molecular complexity index is 678. The number of nitrogens with zero attached hydrogens (tertiary/aromatic N) is 2. The highest BCUT2D eigenvalue weighted by molar-refractivity contribution is 5.94. The van der Waals surface area contributed by atoms with Crippen LogP contribution in [0.1, 0.15) is 48.7 Å². The molecule has 22 heavy (non-hydrogen) atoms. The van der Waals surface area contributed by atoms with Crippen LogP contribution in [0.4, 0.5) is 0 Å². The largest absolute Gasteiger partial charge is 0.481 e. The number of aliphatic carboxylic acids is 1. The molecule has 6 heteroatoms. The summed E-state index contributed by atoms with van der Waals surface area (Å²) in [5, 5.41) is 15.9. The first-order valence-electron chi connectivity index (χ1n) is 7.48. The summed E-state index contributed by atoms with van der Waals surface area (Å²) in [6.45, 7) is 4.00. The molecular weight excluding hydrogens is 282 g/mol. The molecule has 118 valence electrons. The van der Waals surface area contributed by atoms with Crippen LogP contribution < -0.4 is 5.32 Å². The van der Waals surface area contributed by atoms with Gasteiger partial charge >= 0.3 is 5.97 Å². The number of rotatable bonds is 7. The molecule has 1 atom stereocenters. The van der Waals surface area contributed by atoms with E-state index in [2.05, 4.69) is 10.4 Å². The van der Waals surface area contributed by atoms with Crippen LogP contribution in [0.5, 0.6) is 0 Å². The van der Waals surface area contributed by atoms with Crippen molar-refractivity contribution in [3.63, 3.8) is 0 Å². The maximum absolute atomic E-state index is 12.3. The molecule has 0 saturated heterocycles. The summed E-state index contributed by atoms with van der Waals surface area (Å²) >= 11 is 0. The Labute approximate surface area is 129 Å². The van der Waals surface area contributed by atoms with Gasteiger partial charge < -0.3 is 10.4 Å². The van der Waals surface area contributed by atoms with Gasteiger partial charge in [-0.05, 0) is 37.1 Å². The van der Waals surface area contributed by atoms with Crippen molar-refractivity contribution >= 4 is 17.4 Å². The fraction of sp³-hybridized carbons (Fsp3) is 0.438. The van der Waals surface area contributed by atoms with Crippen LogP contribution in [0.15, 0.2) is 24.4 Å². The molecule has 2 N–H and O–H groups in total. The van der Waals surface area contributed by atoms with Gasteiger partial charge in [0.2, 0.25) is 0 Å². The molecule has 0 saturated carbocycles. The Kier molecular flexibility index (Phi) is 5.14. The molecule has 1 amide bonds. The number of pyridine rings is 1. The zero-order valence-corrected chi connectivity index (χ0v) is 12.9. The standard InChI is InChI=1S/C16H21N3O3/c1-3-4-5-12(9-15(20)21)17-16(22)14-10-13-8-11(2)6-7-19(13)18-14/h6-8,10,12H,3-5,9H2,1-2H3,(H,17,22)(H,20,21)/t12-/m0/s1. The van der Waals surface area contributed by atoms with Crippen molar-refractivity contribution in [2.45, 2.75) is 45.6 Å². The Hall–Kier alpha value is -2.37. The summed E-state index contributed by atoms with van der Waals surface area (Å²) in [5.41, 5.74) is 2.23. The molecule has 2 rings (SSSR count). The molecule has 2 aromatic rings. The number of carboxylic acids is 1. The topological polar surface area (TPSA) is 83.7 Å². The third-order valence-corrected chi connectivity index (χ3v) is 3.51. The number of aromatic nitrogens is 2. The normalized spacial score (nSPS) is 12.3. The molecule has 0 fully saturated rings. The lowest BCUT2D eigenvalue weighted by molar-refractivity contribution is -0.137. The highest BCUT2D eigenvalue weighted by atomic mass is 16.4. The van der Waals surface area contributed by atoms with E-state index in [0.717, 1.165) is 23.9 Å². The van der Waals surface area contributed by atoms with E-state index in [9.17, 15) is 9.59 Å². The van der Waals surface area contributed by atoms with Gasteiger partial charge in [-0.25, -0.2) is 4.52 Å². The molecule has 0 spiro atoms. The molecule has 0 unspecified atom stereocenters. The number of aryl methyl sites for hydroxylation is 1. The predicted molar refractivity (Wildman–Crippen MR) is 83.0 cm³/mol. The summed E-state index contributed by atoms with van der Waals surface area (Å²) < 4.78 is 1.64. The Morgan fingerprint density at radius 1 is 1.41 bits per heavy atom. The van der Waals surface area contributed by atoms with E-state index in [1.165, 1.54) is 0 Å². The predicted octanol–water partition coefficient (Wildman–Crippen LogP) is 2.41. The number of amides is 1. The first-order chi connectivity index (χ1) is 10.5. The molecule has 0 bridgehead atoms. The lowest BCUT2D eigenvalue weighted by atomic mass is 10.1. The summed E-state index contributed by atoms with van der Waals surface area (Å²) in [4.78, 5) is 23.2. The van der Waals surface area contributed by atoms with Gasteiger partial charge in [0.15, 0.2) is 5.69 Å². The van der Waals surface area contributed by atoms with Crippen LogP contribution in [0.2, 0.25) is 0 Å². The number of unbranched alkanes of at least 4 members (excludes halogenated alkanes) is 1. The summed E-state index contributed by atoms with van der Waals surface area (Å²) in [7, 11) is 0. The third-order valence-electron chi connectivity index (χ3n) is 3.51. The number of fused-ring (bicyclic) bond motifs is 1. The quantitative estimate of drug-likeness (QED) is 0.822. The van der Waals surface area contributed by atoms with Crippen molar-refractivity contribution in [1.29, 1.82) is 0 Å². The number of carbonyl (C=O) groups is 2. The van der Waals surface area contributed by atoms with Crippen molar-refractivity contribution in [1.82, 2.24) is 14.9 Å². The van der Waals surface area contributed by atoms with Gasteiger partial charge in [-0.15, -0.1) is 0 Å². The fourth-order valence-electron chi connectivity index (χ4n) is 2.36. The van der Waals surface area contributed by atoms with Gasteiger partial charge in [-0.1, -0.05) is 19.8 Å². The smallest absolute Gasteiger partial charge is 0.305 e. The minimum atomic E-state index is -0.910. The molecule has 0 aromatic carbocycles. The van der Waals surface area contributed by atoms with E-state index in [-0.39, 0.29) is 18.4 Å². The highest BCUT2D eigenvalue weighted by Gasteiger charge is 2.18. The van der Waals surface area contributed by atoms with Gasteiger partial charge in [-0.3, -0.25) is 9.59 Å². The highest BCUT2D eigenvalue weighted by Crippen LogP contribution is 2.10. The van der Waals surface area contributed by atoms with E-state index < -0.39 is 5.97 Å². The lowest BCUT2D eigenvalue weighted by Gasteiger charge is -2.15. The van der Waals surface area contributed by atoms with Crippen molar-refractivity contribution in [2.24, 2.45) is 0 Å². The molecule has 0 aliphatic heterocycles. The number of hydrogen-bond acceptors (Lipinski definition) is 3. The first kappa shape index (κ1) is 16.0. The number of carbonyl (C=O) groups excluding carboxylic acids is 1. The van der Waals surface area contributed by atoms with Gasteiger partial charge in [0.1, 0.15) is 0 Å². The molecular formula is C16H21N3O3. The summed E-state index contributed by atoms with van der Waals surface area (Å²) in [6, 6.07) is 5.20. The van der Waals surface area contributed by atoms with Crippen LogP contribution in [0.3, 0.4) is 0 Å². The van der Waals surface area contributed by atoms with Crippen molar-refractivity contribution < 1.29 is 14.7 Å². The van der Waals surface area contributed by atoms with E-state index in [1.807, 2.05) is 26.0 Å². The molecule has 0 aliphatic rings. The van der Waals surface area contributed by atoms with Gasteiger partial charge in [0.25, 0.3) is 5.91 Å². The van der Waals surface area contributed by atoms with E-state index in [0.29, 0.717) is 12.1 Å². The lowest BCUT2D eigenvalue weighted by Crippen LogP contribution is -2.36. The minimum Gasteiger partial charge on any atom is -0.481 e. The molecule has 6 nitrogen and oxygen atoms in total. The van der Waals surface area contributed by atoms with E-state index >= 15 is 0 Å². The Morgan fingerprint density at radius 3 is 2.86 bits per heavy atom. The Morgan fingerprint density at radius 2 is 2.18 bits per heavy atom. The summed E-state index contributed by atoms with van der Waals surface area (Å²) in [6.07, 6.45) is 4.22. The van der Waals surface area contributed by atoms with Crippen molar-refractivity contribution in [3.05, 3.63) is 35.7 Å². The van der Waals surface area contributed by atoms with Crippen LogP contribution in [0.25, 0.3) is 5.52 Å². The van der Waals surface area contributed by atoms with Crippen molar-refractivity contribution in [2.75, 3.05) is 0 Å². The second kappa shape index (κ2) is 7.06. The average molecular weight is 303 g/mol. The zero-order chi connectivity index (χ0) is 16.1. The maximum Gasteiger partial charge on any atom is 0.305 e. The van der Waals surface area contributed by atoms with Gasteiger partial charge in [-0.2, -0.15) is 5.10 Å². The maximum atomic E-state index is 12.3. The minimum absolute atomic E-state index is 0.0712. The van der Waals surface area contributed by atoms with Gasteiger partial charge in [0.05, 0.1) is 11.9 Å². The first-order valence-corrected chi connectivity index (χ1v) is 7.48. The average Bonchev–Trinajstić information content (AvgIpc) is 2.87.